The zero-order chi connectivity index (χ0) is 31.5. The van der Waals surface area contributed by atoms with E-state index >= 15 is 4.39 Å². The predicted octanol–water partition coefficient (Wildman–Crippen LogP) is 6.58. The Morgan fingerprint density at radius 3 is 2.70 bits per heavy atom. The van der Waals surface area contributed by atoms with Crippen LogP contribution in [0.2, 0.25) is 5.02 Å². The van der Waals surface area contributed by atoms with Gasteiger partial charge in [-0.15, -0.1) is 0 Å². The normalized spacial score (nSPS) is 16.5. The molecule has 3 heterocycles. The number of rotatable bonds is 4. The fraction of sp³-hybridized carbons (Fsp3) is 0.258. The Morgan fingerprint density at radius 1 is 1.14 bits per heavy atom. The van der Waals surface area contributed by atoms with E-state index in [0.717, 1.165) is 6.20 Å². The Bertz CT molecular complexity index is 1760. The lowest BCUT2D eigenvalue weighted by Gasteiger charge is -2.23. The zero-order valence-electron chi connectivity index (χ0n) is 24.1. The molecule has 0 radical (unpaired) electrons. The molecule has 2 aromatic heterocycles. The molecule has 0 saturated heterocycles. The number of aromatic nitrogens is 3. The van der Waals surface area contributed by atoms with Crippen LogP contribution < -0.4 is 16.0 Å². The molecule has 0 aliphatic carbocycles. The number of benzene rings is 2. The molecule has 1 aliphatic heterocycles. The van der Waals surface area contributed by atoms with Crippen molar-refractivity contribution in [2.24, 2.45) is 5.92 Å². The van der Waals surface area contributed by atoms with Gasteiger partial charge in [-0.05, 0) is 56.2 Å². The first-order valence-corrected chi connectivity index (χ1v) is 14.2. The maximum Gasteiger partial charge on any atom is 0.411 e. The molecule has 10 nitrogen and oxygen atoms in total. The van der Waals surface area contributed by atoms with Gasteiger partial charge in [0.25, 0.3) is 5.91 Å². The lowest BCUT2D eigenvalue weighted by Crippen LogP contribution is -2.30. The van der Waals surface area contributed by atoms with Crippen molar-refractivity contribution in [1.29, 1.82) is 0 Å². The van der Waals surface area contributed by atoms with Crippen molar-refractivity contribution < 1.29 is 27.9 Å². The van der Waals surface area contributed by atoms with Gasteiger partial charge in [-0.25, -0.2) is 18.3 Å². The van der Waals surface area contributed by atoms with Crippen LogP contribution in [0.15, 0.2) is 54.9 Å². The molecule has 228 valence electrons. The summed E-state index contributed by atoms with van der Waals surface area (Å²) in [5.74, 6) is -2.49. The van der Waals surface area contributed by atoms with Crippen molar-refractivity contribution in [3.63, 3.8) is 0 Å². The van der Waals surface area contributed by atoms with Crippen molar-refractivity contribution in [2.75, 3.05) is 17.7 Å². The molecule has 0 fully saturated rings. The molecule has 4 aromatic rings. The zero-order valence-corrected chi connectivity index (χ0v) is 24.8. The van der Waals surface area contributed by atoms with Gasteiger partial charge in [0.1, 0.15) is 11.5 Å². The molecule has 2 aromatic carbocycles. The fourth-order valence-corrected chi connectivity index (χ4v) is 5.24. The summed E-state index contributed by atoms with van der Waals surface area (Å²) in [7, 11) is 1.23. The molecule has 5 rings (SSSR count). The maximum absolute atomic E-state index is 15.4. The summed E-state index contributed by atoms with van der Waals surface area (Å²) in [6.07, 6.45) is 2.97. The number of nitrogens with one attached hydrogen (secondary N) is 3. The number of amides is 3. The number of hydrogen-bond donors (Lipinski definition) is 3. The van der Waals surface area contributed by atoms with Crippen molar-refractivity contribution >= 4 is 40.9 Å². The van der Waals surface area contributed by atoms with Crippen LogP contribution in [0.25, 0.3) is 16.9 Å². The Hall–Kier alpha value is -4.84. The number of pyridine rings is 1. The van der Waals surface area contributed by atoms with Crippen LogP contribution in [0.1, 0.15) is 53.8 Å². The second kappa shape index (κ2) is 12.8. The van der Waals surface area contributed by atoms with E-state index in [-0.39, 0.29) is 27.7 Å². The Morgan fingerprint density at radius 2 is 1.93 bits per heavy atom. The lowest BCUT2D eigenvalue weighted by molar-refractivity contribution is -0.119. The number of halogens is 3. The minimum atomic E-state index is -0.784. The summed E-state index contributed by atoms with van der Waals surface area (Å²) < 4.78 is 36.0. The van der Waals surface area contributed by atoms with Gasteiger partial charge < -0.3 is 15.4 Å². The van der Waals surface area contributed by atoms with Gasteiger partial charge in [-0.1, -0.05) is 31.0 Å². The van der Waals surface area contributed by atoms with E-state index in [9.17, 15) is 18.8 Å². The highest BCUT2D eigenvalue weighted by molar-refractivity contribution is 6.30. The number of methoxy groups -OCH3 is 1. The summed E-state index contributed by atoms with van der Waals surface area (Å²) in [4.78, 5) is 42.7. The Kier molecular flexibility index (Phi) is 8.91. The number of nitrogens with zero attached hydrogens (tertiary/aromatic N) is 3. The summed E-state index contributed by atoms with van der Waals surface area (Å²) in [6, 6.07) is 10.0. The maximum atomic E-state index is 15.4. The SMILES string of the molecule is COC(=O)Nc1ccc2c(c1)NC(=O)C(C)CCCC(NC(=O)c1cnn(-c3cccc(Cl)c3F)c1C)c1cc-2ncc1F. The average molecular weight is 623 g/mol. The quantitative estimate of drug-likeness (QED) is 0.236. The summed E-state index contributed by atoms with van der Waals surface area (Å²) >= 11 is 5.94. The number of ether oxygens (including phenoxy) is 1. The highest BCUT2D eigenvalue weighted by Gasteiger charge is 2.26. The van der Waals surface area contributed by atoms with Gasteiger partial charge in [0.05, 0.1) is 53.2 Å². The molecular weight excluding hydrogens is 594 g/mol. The van der Waals surface area contributed by atoms with E-state index in [2.05, 4.69) is 30.8 Å². The van der Waals surface area contributed by atoms with Gasteiger partial charge in [-0.3, -0.25) is 19.9 Å². The summed E-state index contributed by atoms with van der Waals surface area (Å²) in [5.41, 5.74) is 2.38. The van der Waals surface area contributed by atoms with Gasteiger partial charge in [-0.2, -0.15) is 5.10 Å². The lowest BCUT2D eigenvalue weighted by atomic mass is 9.94. The first-order chi connectivity index (χ1) is 21.1. The van der Waals surface area contributed by atoms with Crippen LogP contribution in [-0.2, 0) is 9.53 Å². The van der Waals surface area contributed by atoms with Crippen LogP contribution in [-0.4, -0.2) is 39.8 Å². The van der Waals surface area contributed by atoms with Crippen LogP contribution in [0, 0.1) is 24.5 Å². The first-order valence-electron chi connectivity index (χ1n) is 13.8. The number of hydrogen-bond acceptors (Lipinski definition) is 6. The van der Waals surface area contributed by atoms with Gasteiger partial charge >= 0.3 is 6.09 Å². The second-order valence-electron chi connectivity index (χ2n) is 10.4. The second-order valence-corrected chi connectivity index (χ2v) is 10.9. The molecule has 3 amide bonds. The number of carbonyl (C=O) groups is 3. The van der Waals surface area contributed by atoms with Crippen LogP contribution in [0.4, 0.5) is 25.0 Å². The van der Waals surface area contributed by atoms with Crippen molar-refractivity contribution in [3.8, 4) is 16.9 Å². The van der Waals surface area contributed by atoms with E-state index < -0.39 is 35.6 Å². The van der Waals surface area contributed by atoms with Crippen LogP contribution >= 0.6 is 11.6 Å². The molecule has 0 spiro atoms. The summed E-state index contributed by atoms with van der Waals surface area (Å²) in [6.45, 7) is 3.39. The Balaban J connectivity index is 1.51. The third-order valence-electron chi connectivity index (χ3n) is 7.54. The molecule has 44 heavy (non-hydrogen) atoms. The topological polar surface area (TPSA) is 127 Å². The van der Waals surface area contributed by atoms with Crippen molar-refractivity contribution in [1.82, 2.24) is 20.1 Å². The monoisotopic (exact) mass is 622 g/mol. The standard InChI is InChI=1S/C31H29ClF2N6O4/c1-16-6-4-8-24(38-30(42)21-14-36-40(17(21)2)27-9-5-7-22(32)28(27)34)20-13-25(35-15-23(20)33)19-11-10-18(37-31(43)44-3)12-26(19)39-29(16)41/h5,7,9-16,24H,4,6,8H2,1-3H3,(H,37,43)(H,38,42)(H,39,41). The molecule has 2 atom stereocenters. The van der Waals surface area contributed by atoms with Gasteiger partial charge in [0.2, 0.25) is 5.91 Å². The minimum Gasteiger partial charge on any atom is -0.453 e. The molecule has 13 heteroatoms. The molecule has 3 N–H and O–H groups in total. The fourth-order valence-electron chi connectivity index (χ4n) is 5.07. The smallest absolute Gasteiger partial charge is 0.411 e. The van der Waals surface area contributed by atoms with Crippen molar-refractivity contribution in [3.05, 3.63) is 88.3 Å². The van der Waals surface area contributed by atoms with Crippen LogP contribution in [0.5, 0.6) is 0 Å². The molecule has 2 unspecified atom stereocenters. The van der Waals surface area contributed by atoms with Crippen molar-refractivity contribution in [2.45, 2.75) is 39.2 Å². The molecule has 2 bridgehead atoms. The highest BCUT2D eigenvalue weighted by Crippen LogP contribution is 2.34. The number of fused-ring (bicyclic) bond motifs is 4. The predicted molar refractivity (Wildman–Crippen MR) is 161 cm³/mol. The highest BCUT2D eigenvalue weighted by atomic mass is 35.5. The van der Waals surface area contributed by atoms with Crippen LogP contribution in [0.3, 0.4) is 0 Å². The third kappa shape index (κ3) is 6.25. The number of anilines is 2. The first kappa shape index (κ1) is 30.6. The van der Waals surface area contributed by atoms with Gasteiger partial charge in [0, 0.05) is 22.7 Å². The van der Waals surface area contributed by atoms with Gasteiger partial charge in [0.15, 0.2) is 5.82 Å². The van der Waals surface area contributed by atoms with E-state index in [1.165, 1.54) is 36.2 Å². The molecule has 0 saturated carbocycles. The van der Waals surface area contributed by atoms with E-state index in [1.807, 2.05) is 0 Å². The van der Waals surface area contributed by atoms with E-state index in [0.29, 0.717) is 47.6 Å². The largest absolute Gasteiger partial charge is 0.453 e. The third-order valence-corrected chi connectivity index (χ3v) is 7.83. The van der Waals surface area contributed by atoms with E-state index in [1.54, 1.807) is 38.1 Å². The Labute approximate surface area is 256 Å². The minimum absolute atomic E-state index is 0.0824. The number of carbonyl (C=O) groups excluding carboxylic acids is 3. The van der Waals surface area contributed by atoms with E-state index in [4.69, 9.17) is 11.6 Å². The average Bonchev–Trinajstić information content (AvgIpc) is 3.38. The molecular formula is C31H29ClF2N6O4. The summed E-state index contributed by atoms with van der Waals surface area (Å²) in [5, 5.41) is 12.5. The molecule has 1 aliphatic rings.